The van der Waals surface area contributed by atoms with Gasteiger partial charge in [0.1, 0.15) is 11.3 Å². The monoisotopic (exact) mass is 357 g/mol. The van der Waals surface area contributed by atoms with Crippen molar-refractivity contribution in [3.63, 3.8) is 0 Å². The number of benzene rings is 1. The van der Waals surface area contributed by atoms with Crippen molar-refractivity contribution in [2.45, 2.75) is 26.4 Å². The molecule has 0 saturated carbocycles. The molecule has 1 aromatic heterocycles. The highest BCUT2D eigenvalue weighted by molar-refractivity contribution is 6.06. The van der Waals surface area contributed by atoms with E-state index in [-0.39, 0.29) is 11.3 Å². The van der Waals surface area contributed by atoms with Crippen molar-refractivity contribution in [1.29, 1.82) is 0 Å². The van der Waals surface area contributed by atoms with E-state index < -0.39 is 23.6 Å². The number of para-hydroxylation sites is 2. The summed E-state index contributed by atoms with van der Waals surface area (Å²) >= 11 is 0. The summed E-state index contributed by atoms with van der Waals surface area (Å²) in [5, 5.41) is 14.1. The summed E-state index contributed by atoms with van der Waals surface area (Å²) in [6.45, 7) is 5.23. The third-order valence-electron chi connectivity index (χ3n) is 3.05. The predicted molar refractivity (Wildman–Crippen MR) is 95.4 cm³/mol. The molecule has 0 spiro atoms. The van der Waals surface area contributed by atoms with Gasteiger partial charge in [0.25, 0.3) is 5.91 Å². The van der Waals surface area contributed by atoms with E-state index in [1.165, 1.54) is 12.1 Å². The lowest BCUT2D eigenvalue weighted by Crippen LogP contribution is -2.27. The average molecular weight is 357 g/mol. The van der Waals surface area contributed by atoms with Gasteiger partial charge in [-0.3, -0.25) is 15.1 Å². The fourth-order valence-electron chi connectivity index (χ4n) is 1.96. The summed E-state index contributed by atoms with van der Waals surface area (Å²) in [7, 11) is 0. The molecule has 1 aromatic carbocycles. The first-order valence-corrected chi connectivity index (χ1v) is 7.75. The molecule has 26 heavy (non-hydrogen) atoms. The molecule has 0 bridgehead atoms. The number of nitrogens with zero attached hydrogens (tertiary/aromatic N) is 1. The first-order valence-electron chi connectivity index (χ1n) is 7.75. The first kappa shape index (κ1) is 18.9. The zero-order valence-electron chi connectivity index (χ0n) is 14.6. The number of aromatic carboxylic acids is 1. The van der Waals surface area contributed by atoms with Crippen LogP contribution in [-0.4, -0.2) is 33.7 Å². The van der Waals surface area contributed by atoms with Crippen LogP contribution in [0.2, 0.25) is 0 Å². The van der Waals surface area contributed by atoms with Gasteiger partial charge in [-0.15, -0.1) is 0 Å². The molecule has 2 amide bonds. The third-order valence-corrected chi connectivity index (χ3v) is 3.05. The Morgan fingerprint density at radius 1 is 1.00 bits per heavy atom. The zero-order valence-corrected chi connectivity index (χ0v) is 14.6. The second-order valence-electron chi connectivity index (χ2n) is 6.36. The largest absolute Gasteiger partial charge is 0.478 e. The van der Waals surface area contributed by atoms with E-state index in [0.29, 0.717) is 11.4 Å². The molecule has 0 aliphatic heterocycles. The van der Waals surface area contributed by atoms with Gasteiger partial charge < -0.3 is 15.2 Å². The number of carboxylic acids is 1. The molecule has 8 nitrogen and oxygen atoms in total. The highest BCUT2D eigenvalue weighted by Gasteiger charge is 2.18. The molecule has 8 heteroatoms. The van der Waals surface area contributed by atoms with E-state index in [4.69, 9.17) is 9.84 Å². The van der Waals surface area contributed by atoms with Crippen molar-refractivity contribution in [2.75, 3.05) is 10.6 Å². The minimum atomic E-state index is -1.13. The van der Waals surface area contributed by atoms with Crippen molar-refractivity contribution in [2.24, 2.45) is 0 Å². The van der Waals surface area contributed by atoms with Crippen molar-refractivity contribution in [1.82, 2.24) is 4.98 Å². The standard InChI is InChI=1S/C18H19N3O5/c1-18(2,3)26-17(25)21-13-7-5-4-6-12(13)20-15(22)14-9-8-11(10-19-14)16(23)24/h4-10H,1-3H3,(H,20,22)(H,21,25)(H,23,24). The smallest absolute Gasteiger partial charge is 0.412 e. The van der Waals surface area contributed by atoms with Crippen LogP contribution < -0.4 is 10.6 Å². The summed E-state index contributed by atoms with van der Waals surface area (Å²) in [4.78, 5) is 38.9. The van der Waals surface area contributed by atoms with E-state index in [1.54, 1.807) is 45.0 Å². The Kier molecular flexibility index (Phi) is 5.56. The van der Waals surface area contributed by atoms with E-state index in [2.05, 4.69) is 15.6 Å². The number of carbonyl (C=O) groups excluding carboxylic acids is 2. The summed E-state index contributed by atoms with van der Waals surface area (Å²) in [5.41, 5.74) is 0.0817. The maximum atomic E-state index is 12.3. The van der Waals surface area contributed by atoms with E-state index >= 15 is 0 Å². The topological polar surface area (TPSA) is 118 Å². The highest BCUT2D eigenvalue weighted by Crippen LogP contribution is 2.22. The van der Waals surface area contributed by atoms with Gasteiger partial charge in [0.2, 0.25) is 0 Å². The molecule has 1 heterocycles. The van der Waals surface area contributed by atoms with Crippen LogP contribution in [0.4, 0.5) is 16.2 Å². The molecule has 3 N–H and O–H groups in total. The van der Waals surface area contributed by atoms with Crippen LogP contribution >= 0.6 is 0 Å². The van der Waals surface area contributed by atoms with Crippen LogP contribution in [0.1, 0.15) is 41.6 Å². The number of aromatic nitrogens is 1. The Bertz CT molecular complexity index is 825. The van der Waals surface area contributed by atoms with Gasteiger partial charge in [-0.05, 0) is 45.0 Å². The fourth-order valence-corrected chi connectivity index (χ4v) is 1.96. The van der Waals surface area contributed by atoms with Crippen LogP contribution in [0.3, 0.4) is 0 Å². The van der Waals surface area contributed by atoms with E-state index in [1.807, 2.05) is 0 Å². The number of hydrogen-bond donors (Lipinski definition) is 3. The van der Waals surface area contributed by atoms with Gasteiger partial charge in [-0.25, -0.2) is 9.59 Å². The van der Waals surface area contributed by atoms with Crippen molar-refractivity contribution in [3.8, 4) is 0 Å². The third kappa shape index (κ3) is 5.30. The minimum absolute atomic E-state index is 0.0199. The van der Waals surface area contributed by atoms with Gasteiger partial charge >= 0.3 is 12.1 Å². The van der Waals surface area contributed by atoms with E-state index in [0.717, 1.165) is 6.20 Å². The average Bonchev–Trinajstić information content (AvgIpc) is 2.55. The number of anilines is 2. The maximum Gasteiger partial charge on any atom is 0.412 e. The lowest BCUT2D eigenvalue weighted by atomic mass is 10.2. The maximum absolute atomic E-state index is 12.3. The lowest BCUT2D eigenvalue weighted by molar-refractivity contribution is 0.0634. The summed E-state index contributed by atoms with van der Waals surface area (Å²) in [5.74, 6) is -1.67. The summed E-state index contributed by atoms with van der Waals surface area (Å²) in [6.07, 6.45) is 0.449. The van der Waals surface area contributed by atoms with E-state index in [9.17, 15) is 14.4 Å². The van der Waals surface area contributed by atoms with Gasteiger partial charge in [0.05, 0.1) is 16.9 Å². The predicted octanol–water partition coefficient (Wildman–Crippen LogP) is 3.38. The molecule has 0 aliphatic carbocycles. The SMILES string of the molecule is CC(C)(C)OC(=O)Nc1ccccc1NC(=O)c1ccc(C(=O)O)cn1. The molecule has 136 valence electrons. The second-order valence-corrected chi connectivity index (χ2v) is 6.36. The molecular formula is C18H19N3O5. The van der Waals surface area contributed by atoms with Crippen LogP contribution in [0.25, 0.3) is 0 Å². The quantitative estimate of drug-likeness (QED) is 0.772. The molecule has 0 aliphatic rings. The van der Waals surface area contributed by atoms with Crippen LogP contribution in [0.15, 0.2) is 42.6 Å². The normalized spacial score (nSPS) is 10.7. The molecule has 0 saturated heterocycles. The molecule has 0 fully saturated rings. The number of ether oxygens (including phenoxy) is 1. The van der Waals surface area contributed by atoms with Crippen LogP contribution in [0, 0.1) is 0 Å². The molecule has 0 radical (unpaired) electrons. The van der Waals surface area contributed by atoms with Crippen LogP contribution in [-0.2, 0) is 4.74 Å². The van der Waals surface area contributed by atoms with Gasteiger partial charge in [0, 0.05) is 6.20 Å². The van der Waals surface area contributed by atoms with Gasteiger partial charge in [-0.2, -0.15) is 0 Å². The number of amides is 2. The number of carbonyl (C=O) groups is 3. The van der Waals surface area contributed by atoms with Crippen LogP contribution in [0.5, 0.6) is 0 Å². The first-order chi connectivity index (χ1) is 12.2. The summed E-state index contributed by atoms with van der Waals surface area (Å²) < 4.78 is 5.19. The van der Waals surface area contributed by atoms with Crippen molar-refractivity contribution in [3.05, 3.63) is 53.9 Å². The van der Waals surface area contributed by atoms with Crippen molar-refractivity contribution >= 4 is 29.3 Å². The van der Waals surface area contributed by atoms with Gasteiger partial charge in [-0.1, -0.05) is 12.1 Å². The Hall–Kier alpha value is -3.42. The number of hydrogen-bond acceptors (Lipinski definition) is 5. The highest BCUT2D eigenvalue weighted by atomic mass is 16.6. The zero-order chi connectivity index (χ0) is 19.3. The Balaban J connectivity index is 2.13. The molecular weight excluding hydrogens is 338 g/mol. The second kappa shape index (κ2) is 7.64. The molecule has 0 atom stereocenters. The minimum Gasteiger partial charge on any atom is -0.478 e. The lowest BCUT2D eigenvalue weighted by Gasteiger charge is -2.20. The Morgan fingerprint density at radius 3 is 2.12 bits per heavy atom. The molecule has 2 aromatic rings. The fraction of sp³-hybridized carbons (Fsp3) is 0.222. The molecule has 0 unspecified atom stereocenters. The number of carboxylic acid groups (broad SMARTS) is 1. The Morgan fingerprint density at radius 2 is 1.62 bits per heavy atom. The summed E-state index contributed by atoms with van der Waals surface area (Å²) in [6, 6.07) is 9.20. The van der Waals surface area contributed by atoms with Gasteiger partial charge in [0.15, 0.2) is 0 Å². The number of rotatable bonds is 4. The number of pyridine rings is 1. The molecule has 2 rings (SSSR count). The number of nitrogens with one attached hydrogen (secondary N) is 2. The Labute approximate surface area is 150 Å². The van der Waals surface area contributed by atoms with Crippen molar-refractivity contribution < 1.29 is 24.2 Å².